The number of benzene rings is 2. The molecule has 8 nitrogen and oxygen atoms in total. The molecule has 34 heavy (non-hydrogen) atoms. The fourth-order valence-corrected chi connectivity index (χ4v) is 5.06. The number of nitrogens with one attached hydrogen (secondary N) is 2. The third kappa shape index (κ3) is 5.14. The van der Waals surface area contributed by atoms with Gasteiger partial charge < -0.3 is 14.6 Å². The zero-order valence-corrected chi connectivity index (χ0v) is 19.9. The van der Waals surface area contributed by atoms with Crippen molar-refractivity contribution in [2.75, 3.05) is 17.8 Å². The lowest BCUT2D eigenvalue weighted by Crippen LogP contribution is -2.46. The van der Waals surface area contributed by atoms with Crippen molar-refractivity contribution in [2.45, 2.75) is 37.6 Å². The molecule has 0 bridgehead atoms. The minimum atomic E-state index is -3.77. The van der Waals surface area contributed by atoms with E-state index in [1.165, 1.54) is 30.5 Å². The summed E-state index contributed by atoms with van der Waals surface area (Å²) >= 11 is 0. The highest BCUT2D eigenvalue weighted by atomic mass is 32.2. The normalized spacial score (nSPS) is 14.6. The number of aryl methyl sites for hydroxylation is 2. The molecule has 2 heterocycles. The van der Waals surface area contributed by atoms with Crippen LogP contribution in [0.25, 0.3) is 0 Å². The molecule has 0 spiro atoms. The number of rotatable bonds is 6. The Balaban J connectivity index is 1.34. The molecule has 3 aromatic rings. The number of likely N-dealkylation sites (tertiary alicyclic amines) is 1. The average Bonchev–Trinajstić information content (AvgIpc) is 3.26. The summed E-state index contributed by atoms with van der Waals surface area (Å²) in [6.07, 6.45) is 2.74. The van der Waals surface area contributed by atoms with Gasteiger partial charge >= 0.3 is 0 Å². The fourth-order valence-electron chi connectivity index (χ4n) is 3.93. The number of anilines is 1. The van der Waals surface area contributed by atoms with Crippen LogP contribution in [0.3, 0.4) is 0 Å². The quantitative estimate of drug-likeness (QED) is 0.558. The third-order valence-electron chi connectivity index (χ3n) is 5.99. The second-order valence-corrected chi connectivity index (χ2v) is 10.1. The minimum Gasteiger partial charge on any atom is -0.459 e. The van der Waals surface area contributed by atoms with Gasteiger partial charge in [-0.3, -0.25) is 14.3 Å². The van der Waals surface area contributed by atoms with Crippen LogP contribution in [0.4, 0.5) is 5.69 Å². The number of piperidine rings is 1. The van der Waals surface area contributed by atoms with Gasteiger partial charge in [-0.05, 0) is 68.7 Å². The SMILES string of the molecule is Cc1ccccc1NS(=O)(=O)c1ccc(C(=O)N2CCC(NC(=O)c3occc3C)CC2)cc1. The Morgan fingerprint density at radius 3 is 2.24 bits per heavy atom. The number of nitrogens with zero attached hydrogens (tertiary/aromatic N) is 1. The lowest BCUT2D eigenvalue weighted by atomic mass is 10.0. The molecule has 2 amide bonds. The summed E-state index contributed by atoms with van der Waals surface area (Å²) in [4.78, 5) is 27.1. The molecule has 2 N–H and O–H groups in total. The first kappa shape index (κ1) is 23.6. The number of carbonyl (C=O) groups is 2. The Labute approximate surface area is 199 Å². The molecule has 4 rings (SSSR count). The van der Waals surface area contributed by atoms with Crippen LogP contribution < -0.4 is 10.0 Å². The molecule has 9 heteroatoms. The van der Waals surface area contributed by atoms with Gasteiger partial charge in [0.1, 0.15) is 0 Å². The minimum absolute atomic E-state index is 0.0407. The number of sulfonamides is 1. The van der Waals surface area contributed by atoms with Crippen LogP contribution in [0.15, 0.2) is 70.2 Å². The number of hydrogen-bond acceptors (Lipinski definition) is 5. The van der Waals surface area contributed by atoms with E-state index in [0.29, 0.717) is 42.9 Å². The molecular formula is C25H27N3O5S. The van der Waals surface area contributed by atoms with Gasteiger partial charge in [-0.1, -0.05) is 18.2 Å². The molecule has 0 saturated carbocycles. The number of amides is 2. The highest BCUT2D eigenvalue weighted by molar-refractivity contribution is 7.92. The van der Waals surface area contributed by atoms with Gasteiger partial charge in [0.2, 0.25) is 0 Å². The van der Waals surface area contributed by atoms with Crippen molar-refractivity contribution < 1.29 is 22.4 Å². The van der Waals surface area contributed by atoms with E-state index in [4.69, 9.17) is 4.42 Å². The number of para-hydroxylation sites is 1. The highest BCUT2D eigenvalue weighted by Gasteiger charge is 2.26. The van der Waals surface area contributed by atoms with Crippen LogP contribution >= 0.6 is 0 Å². The monoisotopic (exact) mass is 481 g/mol. The summed E-state index contributed by atoms with van der Waals surface area (Å²) in [5.74, 6) is -0.101. The topological polar surface area (TPSA) is 109 Å². The molecule has 1 fully saturated rings. The first-order chi connectivity index (χ1) is 16.2. The summed E-state index contributed by atoms with van der Waals surface area (Å²) in [5.41, 5.74) is 2.53. The second kappa shape index (κ2) is 9.72. The summed E-state index contributed by atoms with van der Waals surface area (Å²) in [6, 6.07) is 14.8. The largest absolute Gasteiger partial charge is 0.459 e. The molecule has 1 aromatic heterocycles. The summed E-state index contributed by atoms with van der Waals surface area (Å²) in [7, 11) is -3.77. The number of hydrogen-bond donors (Lipinski definition) is 2. The first-order valence-electron chi connectivity index (χ1n) is 11.1. The van der Waals surface area contributed by atoms with E-state index < -0.39 is 10.0 Å². The summed E-state index contributed by atoms with van der Waals surface area (Å²) in [6.45, 7) is 4.63. The molecular weight excluding hydrogens is 454 g/mol. The molecule has 178 valence electrons. The number of furan rings is 1. The van der Waals surface area contributed by atoms with Crippen LogP contribution in [-0.2, 0) is 10.0 Å². The van der Waals surface area contributed by atoms with Crippen molar-refractivity contribution in [1.82, 2.24) is 10.2 Å². The van der Waals surface area contributed by atoms with Crippen molar-refractivity contribution in [3.63, 3.8) is 0 Å². The lowest BCUT2D eigenvalue weighted by Gasteiger charge is -2.32. The van der Waals surface area contributed by atoms with Crippen LogP contribution in [0.2, 0.25) is 0 Å². The highest BCUT2D eigenvalue weighted by Crippen LogP contribution is 2.21. The van der Waals surface area contributed by atoms with Crippen LogP contribution in [-0.4, -0.2) is 44.3 Å². The van der Waals surface area contributed by atoms with Crippen molar-refractivity contribution in [3.8, 4) is 0 Å². The molecule has 1 aliphatic heterocycles. The van der Waals surface area contributed by atoms with E-state index in [1.807, 2.05) is 26.0 Å². The Kier molecular flexibility index (Phi) is 6.74. The van der Waals surface area contributed by atoms with E-state index in [9.17, 15) is 18.0 Å². The van der Waals surface area contributed by atoms with Gasteiger partial charge in [-0.25, -0.2) is 8.42 Å². The van der Waals surface area contributed by atoms with Crippen molar-refractivity contribution in [2.24, 2.45) is 0 Å². The molecule has 0 unspecified atom stereocenters. The van der Waals surface area contributed by atoms with Gasteiger partial charge in [-0.15, -0.1) is 0 Å². The lowest BCUT2D eigenvalue weighted by molar-refractivity contribution is 0.0695. The van der Waals surface area contributed by atoms with Gasteiger partial charge in [0, 0.05) is 30.3 Å². The molecule has 0 atom stereocenters. The smallest absolute Gasteiger partial charge is 0.287 e. The molecule has 1 aliphatic rings. The van der Waals surface area contributed by atoms with E-state index in [1.54, 1.807) is 23.1 Å². The maximum atomic E-state index is 12.9. The number of carbonyl (C=O) groups excluding carboxylic acids is 2. The third-order valence-corrected chi connectivity index (χ3v) is 7.37. The fraction of sp³-hybridized carbons (Fsp3) is 0.280. The molecule has 2 aromatic carbocycles. The second-order valence-electron chi connectivity index (χ2n) is 8.42. The van der Waals surface area contributed by atoms with Gasteiger partial charge in [0.05, 0.1) is 16.8 Å². The van der Waals surface area contributed by atoms with E-state index >= 15 is 0 Å². The van der Waals surface area contributed by atoms with Gasteiger partial charge in [0.25, 0.3) is 21.8 Å². The molecule has 0 aliphatic carbocycles. The Hall–Kier alpha value is -3.59. The Bertz CT molecular complexity index is 1290. The predicted molar refractivity (Wildman–Crippen MR) is 128 cm³/mol. The summed E-state index contributed by atoms with van der Waals surface area (Å²) < 4.78 is 33.3. The zero-order valence-electron chi connectivity index (χ0n) is 19.1. The Morgan fingerprint density at radius 2 is 1.62 bits per heavy atom. The maximum absolute atomic E-state index is 12.9. The van der Waals surface area contributed by atoms with E-state index in [0.717, 1.165) is 11.1 Å². The van der Waals surface area contributed by atoms with Crippen molar-refractivity contribution in [1.29, 1.82) is 0 Å². The van der Waals surface area contributed by atoms with E-state index in [-0.39, 0.29) is 22.8 Å². The average molecular weight is 482 g/mol. The van der Waals surface area contributed by atoms with Crippen LogP contribution in [0, 0.1) is 13.8 Å². The predicted octanol–water partition coefficient (Wildman–Crippen LogP) is 3.73. The maximum Gasteiger partial charge on any atom is 0.287 e. The molecule has 0 radical (unpaired) electrons. The first-order valence-corrected chi connectivity index (χ1v) is 12.6. The van der Waals surface area contributed by atoms with Crippen molar-refractivity contribution in [3.05, 3.63) is 83.3 Å². The van der Waals surface area contributed by atoms with Crippen LogP contribution in [0.1, 0.15) is 44.9 Å². The van der Waals surface area contributed by atoms with Crippen LogP contribution in [0.5, 0.6) is 0 Å². The zero-order chi connectivity index (χ0) is 24.3. The molecule has 1 saturated heterocycles. The standard InChI is InChI=1S/C25H27N3O5S/c1-17-5-3-4-6-22(17)27-34(31,32)21-9-7-19(8-10-21)25(30)28-14-11-20(12-15-28)26-24(29)23-18(2)13-16-33-23/h3-10,13,16,20,27H,11-12,14-15H2,1-2H3,(H,26,29). The summed E-state index contributed by atoms with van der Waals surface area (Å²) in [5, 5.41) is 2.96. The van der Waals surface area contributed by atoms with E-state index in [2.05, 4.69) is 10.0 Å². The Morgan fingerprint density at radius 1 is 0.941 bits per heavy atom. The van der Waals surface area contributed by atoms with Gasteiger partial charge in [0.15, 0.2) is 5.76 Å². The van der Waals surface area contributed by atoms with Crippen molar-refractivity contribution >= 4 is 27.5 Å². The van der Waals surface area contributed by atoms with Gasteiger partial charge in [-0.2, -0.15) is 0 Å².